The maximum absolute atomic E-state index is 11.6. The van der Waals surface area contributed by atoms with Gasteiger partial charge in [-0.1, -0.05) is 23.7 Å². The lowest BCUT2D eigenvalue weighted by molar-refractivity contribution is 0.0971. The predicted molar refractivity (Wildman–Crippen MR) is 72.3 cm³/mol. The molecule has 2 N–H and O–H groups in total. The third-order valence-corrected chi connectivity index (χ3v) is 3.16. The Labute approximate surface area is 113 Å². The number of urea groups is 1. The van der Waals surface area contributed by atoms with Gasteiger partial charge < -0.3 is 5.32 Å². The van der Waals surface area contributed by atoms with E-state index in [9.17, 15) is 9.59 Å². The van der Waals surface area contributed by atoms with E-state index in [0.29, 0.717) is 15.6 Å². The fourth-order valence-corrected chi connectivity index (χ4v) is 2.11. The Morgan fingerprint density at radius 3 is 2.67 bits per heavy atom. The third kappa shape index (κ3) is 3.32. The Morgan fingerprint density at radius 1 is 1.17 bits per heavy atom. The first-order valence-electron chi connectivity index (χ1n) is 5.06. The summed E-state index contributed by atoms with van der Waals surface area (Å²) in [5.41, 5.74) is 0.527. The number of hydrogen-bond acceptors (Lipinski definition) is 3. The molecule has 0 unspecified atom stereocenters. The minimum absolute atomic E-state index is 0.426. The molecule has 92 valence electrons. The van der Waals surface area contributed by atoms with E-state index in [1.165, 1.54) is 11.3 Å². The fourth-order valence-electron chi connectivity index (χ4n) is 1.30. The van der Waals surface area contributed by atoms with Crippen LogP contribution < -0.4 is 10.6 Å². The second-order valence-electron chi connectivity index (χ2n) is 3.40. The van der Waals surface area contributed by atoms with Gasteiger partial charge in [-0.3, -0.25) is 10.1 Å². The Hall–Kier alpha value is -1.85. The van der Waals surface area contributed by atoms with Gasteiger partial charge >= 0.3 is 6.03 Å². The molecule has 6 heteroatoms. The summed E-state index contributed by atoms with van der Waals surface area (Å²) < 4.78 is 0. The summed E-state index contributed by atoms with van der Waals surface area (Å²) in [5.74, 6) is -0.426. The van der Waals surface area contributed by atoms with Crippen LogP contribution in [0, 0.1) is 0 Å². The second kappa shape index (κ2) is 5.66. The molecule has 0 spiro atoms. The number of thiophene rings is 1. The number of anilines is 1. The second-order valence-corrected chi connectivity index (χ2v) is 4.78. The highest BCUT2D eigenvalue weighted by molar-refractivity contribution is 7.12. The summed E-state index contributed by atoms with van der Waals surface area (Å²) in [4.78, 5) is 23.6. The number of imide groups is 1. The highest BCUT2D eigenvalue weighted by Gasteiger charge is 2.10. The molecule has 0 saturated heterocycles. The van der Waals surface area contributed by atoms with Crippen LogP contribution in [0.5, 0.6) is 0 Å². The minimum Gasteiger partial charge on any atom is -0.308 e. The molecule has 0 bridgehead atoms. The van der Waals surface area contributed by atoms with Gasteiger partial charge in [-0.05, 0) is 29.6 Å². The van der Waals surface area contributed by atoms with Crippen LogP contribution >= 0.6 is 22.9 Å². The van der Waals surface area contributed by atoms with Crippen LogP contribution in [0.15, 0.2) is 41.8 Å². The smallest absolute Gasteiger partial charge is 0.308 e. The SMILES string of the molecule is O=C(NC(=O)c1cccs1)Nc1cccc(Cl)c1. The van der Waals surface area contributed by atoms with E-state index < -0.39 is 11.9 Å². The van der Waals surface area contributed by atoms with E-state index in [1.807, 2.05) is 0 Å². The first kappa shape index (κ1) is 12.6. The molecule has 3 amide bonds. The number of benzene rings is 1. The molecule has 4 nitrogen and oxygen atoms in total. The largest absolute Gasteiger partial charge is 0.326 e. The van der Waals surface area contributed by atoms with Crippen molar-refractivity contribution in [3.63, 3.8) is 0 Å². The van der Waals surface area contributed by atoms with Gasteiger partial charge in [0.25, 0.3) is 5.91 Å². The Kier molecular flexibility index (Phi) is 3.96. The average molecular weight is 281 g/mol. The maximum Gasteiger partial charge on any atom is 0.326 e. The number of rotatable bonds is 2. The van der Waals surface area contributed by atoms with Crippen molar-refractivity contribution in [1.82, 2.24) is 5.32 Å². The molecule has 0 aliphatic heterocycles. The number of amides is 3. The van der Waals surface area contributed by atoms with Crippen LogP contribution in [0.4, 0.5) is 10.5 Å². The molecule has 1 aromatic carbocycles. The zero-order valence-electron chi connectivity index (χ0n) is 9.14. The van der Waals surface area contributed by atoms with Crippen molar-refractivity contribution in [3.8, 4) is 0 Å². The van der Waals surface area contributed by atoms with Gasteiger partial charge in [-0.25, -0.2) is 4.79 Å². The quantitative estimate of drug-likeness (QED) is 0.886. The minimum atomic E-state index is -0.587. The fraction of sp³-hybridized carbons (Fsp3) is 0. The van der Waals surface area contributed by atoms with Gasteiger partial charge in [-0.2, -0.15) is 0 Å². The van der Waals surface area contributed by atoms with Crippen molar-refractivity contribution < 1.29 is 9.59 Å². The van der Waals surface area contributed by atoms with E-state index in [2.05, 4.69) is 10.6 Å². The molecule has 2 rings (SSSR count). The highest BCUT2D eigenvalue weighted by atomic mass is 35.5. The van der Waals surface area contributed by atoms with Crippen molar-refractivity contribution in [2.45, 2.75) is 0 Å². The molecule has 18 heavy (non-hydrogen) atoms. The lowest BCUT2D eigenvalue weighted by Crippen LogP contribution is -2.33. The number of carbonyl (C=O) groups excluding carboxylic acids is 2. The van der Waals surface area contributed by atoms with E-state index in [-0.39, 0.29) is 0 Å². The van der Waals surface area contributed by atoms with Crippen LogP contribution in [0.2, 0.25) is 5.02 Å². The highest BCUT2D eigenvalue weighted by Crippen LogP contribution is 2.14. The van der Waals surface area contributed by atoms with E-state index in [1.54, 1.807) is 41.8 Å². The van der Waals surface area contributed by atoms with Gasteiger partial charge in [0.15, 0.2) is 0 Å². The molecule has 0 radical (unpaired) electrons. The summed E-state index contributed by atoms with van der Waals surface area (Å²) in [5, 5.41) is 7.03. The van der Waals surface area contributed by atoms with Crippen molar-refractivity contribution in [1.29, 1.82) is 0 Å². The zero-order valence-corrected chi connectivity index (χ0v) is 10.7. The molecule has 1 aromatic heterocycles. The van der Waals surface area contributed by atoms with Crippen molar-refractivity contribution in [2.24, 2.45) is 0 Å². The Bertz CT molecular complexity index is 569. The number of nitrogens with one attached hydrogen (secondary N) is 2. The summed E-state index contributed by atoms with van der Waals surface area (Å²) >= 11 is 7.05. The summed E-state index contributed by atoms with van der Waals surface area (Å²) in [6.45, 7) is 0. The third-order valence-electron chi connectivity index (χ3n) is 2.05. The van der Waals surface area contributed by atoms with Crippen LogP contribution in [0.1, 0.15) is 9.67 Å². The molecular weight excluding hydrogens is 272 g/mol. The molecule has 2 aromatic rings. The summed E-state index contributed by atoms with van der Waals surface area (Å²) in [7, 11) is 0. The molecule has 1 heterocycles. The predicted octanol–water partition coefficient (Wildman–Crippen LogP) is 3.36. The van der Waals surface area contributed by atoms with Crippen molar-refractivity contribution in [2.75, 3.05) is 5.32 Å². The number of hydrogen-bond donors (Lipinski definition) is 2. The van der Waals surface area contributed by atoms with Gasteiger partial charge in [-0.15, -0.1) is 11.3 Å². The Balaban J connectivity index is 1.95. The first-order valence-corrected chi connectivity index (χ1v) is 6.32. The standard InChI is InChI=1S/C12H9ClN2O2S/c13-8-3-1-4-9(7-8)14-12(17)15-11(16)10-5-2-6-18-10/h1-7H,(H2,14,15,16,17). The normalized spacial score (nSPS) is 9.83. The van der Waals surface area contributed by atoms with Crippen LogP contribution in [-0.4, -0.2) is 11.9 Å². The summed E-state index contributed by atoms with van der Waals surface area (Å²) in [6, 6.07) is 9.48. The van der Waals surface area contributed by atoms with Crippen molar-refractivity contribution in [3.05, 3.63) is 51.7 Å². The maximum atomic E-state index is 11.6. The molecule has 0 saturated carbocycles. The number of carbonyl (C=O) groups is 2. The van der Waals surface area contributed by atoms with E-state index >= 15 is 0 Å². The van der Waals surface area contributed by atoms with Gasteiger partial charge in [0, 0.05) is 10.7 Å². The van der Waals surface area contributed by atoms with E-state index in [4.69, 9.17) is 11.6 Å². The van der Waals surface area contributed by atoms with Gasteiger partial charge in [0.1, 0.15) is 0 Å². The lowest BCUT2D eigenvalue weighted by atomic mass is 10.3. The zero-order chi connectivity index (χ0) is 13.0. The monoisotopic (exact) mass is 280 g/mol. The molecule has 0 aliphatic rings. The van der Waals surface area contributed by atoms with E-state index in [0.717, 1.165) is 0 Å². The lowest BCUT2D eigenvalue weighted by Gasteiger charge is -2.05. The molecule has 0 atom stereocenters. The van der Waals surface area contributed by atoms with Crippen LogP contribution in [-0.2, 0) is 0 Å². The van der Waals surface area contributed by atoms with Crippen LogP contribution in [0.25, 0.3) is 0 Å². The molecule has 0 aliphatic carbocycles. The molecular formula is C12H9ClN2O2S. The topological polar surface area (TPSA) is 58.2 Å². The average Bonchev–Trinajstić information content (AvgIpc) is 2.81. The van der Waals surface area contributed by atoms with Crippen LogP contribution in [0.3, 0.4) is 0 Å². The Morgan fingerprint density at radius 2 is 2.00 bits per heavy atom. The molecule has 0 fully saturated rings. The van der Waals surface area contributed by atoms with Gasteiger partial charge in [0.05, 0.1) is 4.88 Å². The van der Waals surface area contributed by atoms with Gasteiger partial charge in [0.2, 0.25) is 0 Å². The first-order chi connectivity index (χ1) is 8.65. The van der Waals surface area contributed by atoms with Crippen molar-refractivity contribution >= 4 is 40.6 Å². The summed E-state index contributed by atoms with van der Waals surface area (Å²) in [6.07, 6.45) is 0. The number of halogens is 1.